The lowest BCUT2D eigenvalue weighted by molar-refractivity contribution is 1.43. The number of pyridine rings is 1. The van der Waals surface area contributed by atoms with E-state index in [1.807, 2.05) is 11.3 Å². The molecular formula is C49H29NS. The lowest BCUT2D eigenvalue weighted by atomic mass is 9.84. The summed E-state index contributed by atoms with van der Waals surface area (Å²) in [6.07, 6.45) is 0. The molecule has 51 heavy (non-hydrogen) atoms. The Morgan fingerprint density at radius 1 is 0.373 bits per heavy atom. The van der Waals surface area contributed by atoms with Crippen molar-refractivity contribution in [3.8, 4) is 33.5 Å². The van der Waals surface area contributed by atoms with Crippen molar-refractivity contribution in [1.82, 2.24) is 4.98 Å². The number of nitrogens with zero attached hydrogens (tertiary/aromatic N) is 1. The van der Waals surface area contributed by atoms with Crippen LogP contribution in [0.2, 0.25) is 0 Å². The number of aromatic nitrogens is 1. The third-order valence-electron chi connectivity index (χ3n) is 10.6. The molecule has 11 aromatic rings. The largest absolute Gasteiger partial charge is 0.247 e. The zero-order valence-electron chi connectivity index (χ0n) is 27.6. The van der Waals surface area contributed by atoms with E-state index in [1.165, 1.54) is 90.9 Å². The Morgan fingerprint density at radius 2 is 0.941 bits per heavy atom. The van der Waals surface area contributed by atoms with Crippen molar-refractivity contribution in [2.45, 2.75) is 0 Å². The van der Waals surface area contributed by atoms with Crippen LogP contribution in [0.4, 0.5) is 0 Å². The van der Waals surface area contributed by atoms with Crippen LogP contribution in [-0.2, 0) is 0 Å². The molecule has 0 aliphatic heterocycles. The Balaban J connectivity index is 1.20. The lowest BCUT2D eigenvalue weighted by Gasteiger charge is -2.19. The third kappa shape index (κ3) is 4.24. The van der Waals surface area contributed by atoms with Gasteiger partial charge in [0.2, 0.25) is 0 Å². The molecule has 0 fully saturated rings. The van der Waals surface area contributed by atoms with Crippen molar-refractivity contribution >= 4 is 85.5 Å². The van der Waals surface area contributed by atoms with Gasteiger partial charge in [-0.3, -0.25) is 0 Å². The SMILES string of the molecule is c1cc(-c2c3ccccc3c(-c3cccc4ccccc34)c3ccccc23)cc(-c2nc3ccccc3c3c2ccc2c4ccccc4sc23)c1. The Hall–Kier alpha value is -6.35. The van der Waals surface area contributed by atoms with Gasteiger partial charge in [0.1, 0.15) is 0 Å². The summed E-state index contributed by atoms with van der Waals surface area (Å²) in [5, 5.41) is 13.8. The van der Waals surface area contributed by atoms with Gasteiger partial charge in [-0.15, -0.1) is 11.3 Å². The number of hydrogen-bond acceptors (Lipinski definition) is 2. The molecule has 0 aliphatic rings. The topological polar surface area (TPSA) is 12.9 Å². The van der Waals surface area contributed by atoms with Crippen molar-refractivity contribution in [2.75, 3.05) is 0 Å². The predicted molar refractivity (Wildman–Crippen MR) is 221 cm³/mol. The van der Waals surface area contributed by atoms with Crippen LogP contribution in [-0.4, -0.2) is 4.98 Å². The van der Waals surface area contributed by atoms with Gasteiger partial charge in [-0.1, -0.05) is 158 Å². The molecule has 0 aliphatic carbocycles. The van der Waals surface area contributed by atoms with Crippen molar-refractivity contribution in [3.63, 3.8) is 0 Å². The molecule has 0 radical (unpaired) electrons. The number of benzene rings is 9. The van der Waals surface area contributed by atoms with Crippen molar-refractivity contribution < 1.29 is 0 Å². The molecule has 0 spiro atoms. The van der Waals surface area contributed by atoms with Gasteiger partial charge in [0.05, 0.1) is 11.2 Å². The summed E-state index contributed by atoms with van der Waals surface area (Å²) < 4.78 is 2.64. The molecule has 0 atom stereocenters. The van der Waals surface area contributed by atoms with E-state index in [0.717, 1.165) is 16.8 Å². The highest BCUT2D eigenvalue weighted by Gasteiger charge is 2.20. The van der Waals surface area contributed by atoms with Gasteiger partial charge >= 0.3 is 0 Å². The van der Waals surface area contributed by atoms with Gasteiger partial charge < -0.3 is 0 Å². The molecule has 11 rings (SSSR count). The molecule has 0 N–H and O–H groups in total. The molecule has 2 heteroatoms. The van der Waals surface area contributed by atoms with E-state index in [4.69, 9.17) is 4.98 Å². The number of fused-ring (bicyclic) bond motifs is 10. The second-order valence-corrected chi connectivity index (χ2v) is 14.4. The van der Waals surface area contributed by atoms with Gasteiger partial charge in [-0.25, -0.2) is 4.98 Å². The molecule has 2 heterocycles. The first-order valence-electron chi connectivity index (χ1n) is 17.5. The van der Waals surface area contributed by atoms with E-state index in [2.05, 4.69) is 176 Å². The highest BCUT2D eigenvalue weighted by molar-refractivity contribution is 7.26. The van der Waals surface area contributed by atoms with Crippen LogP contribution in [0, 0.1) is 0 Å². The molecule has 1 nitrogen and oxygen atoms in total. The Kier molecular flexibility index (Phi) is 6.19. The van der Waals surface area contributed by atoms with Gasteiger partial charge in [0.25, 0.3) is 0 Å². The van der Waals surface area contributed by atoms with E-state index in [0.29, 0.717) is 0 Å². The zero-order valence-corrected chi connectivity index (χ0v) is 28.4. The smallest absolute Gasteiger partial charge is 0.0788 e. The number of rotatable bonds is 3. The summed E-state index contributed by atoms with van der Waals surface area (Å²) >= 11 is 1.88. The van der Waals surface area contributed by atoms with Crippen LogP contribution in [0.25, 0.3) is 108 Å². The summed E-state index contributed by atoms with van der Waals surface area (Å²) in [6.45, 7) is 0. The second kappa shape index (κ2) is 11.1. The van der Waals surface area contributed by atoms with E-state index >= 15 is 0 Å². The third-order valence-corrected chi connectivity index (χ3v) is 11.8. The average molecular weight is 664 g/mol. The van der Waals surface area contributed by atoms with Crippen molar-refractivity contribution in [1.29, 1.82) is 0 Å². The Bertz CT molecular complexity index is 3140. The molecular weight excluding hydrogens is 635 g/mol. The minimum absolute atomic E-state index is 1.02. The van der Waals surface area contributed by atoms with E-state index in [1.54, 1.807) is 0 Å². The highest BCUT2D eigenvalue weighted by atomic mass is 32.1. The van der Waals surface area contributed by atoms with Crippen molar-refractivity contribution in [2.24, 2.45) is 0 Å². The number of para-hydroxylation sites is 1. The lowest BCUT2D eigenvalue weighted by Crippen LogP contribution is -1.93. The fourth-order valence-electron chi connectivity index (χ4n) is 8.43. The van der Waals surface area contributed by atoms with Crippen LogP contribution in [0.15, 0.2) is 176 Å². The number of hydrogen-bond donors (Lipinski definition) is 0. The molecule has 2 aromatic heterocycles. The number of thiophene rings is 1. The van der Waals surface area contributed by atoms with Gasteiger partial charge in [0.15, 0.2) is 0 Å². The van der Waals surface area contributed by atoms with Gasteiger partial charge in [0, 0.05) is 41.9 Å². The Labute approximate surface area is 298 Å². The highest BCUT2D eigenvalue weighted by Crippen LogP contribution is 2.47. The summed E-state index contributed by atoms with van der Waals surface area (Å²) in [6, 6.07) is 64.3. The summed E-state index contributed by atoms with van der Waals surface area (Å²) in [4.78, 5) is 5.38. The van der Waals surface area contributed by atoms with Gasteiger partial charge in [-0.05, 0) is 72.8 Å². The minimum Gasteiger partial charge on any atom is -0.247 e. The monoisotopic (exact) mass is 663 g/mol. The molecule has 0 bridgehead atoms. The van der Waals surface area contributed by atoms with Crippen LogP contribution >= 0.6 is 11.3 Å². The van der Waals surface area contributed by atoms with Crippen LogP contribution in [0.1, 0.15) is 0 Å². The summed E-state index contributed by atoms with van der Waals surface area (Å²) in [7, 11) is 0. The molecule has 9 aromatic carbocycles. The first-order valence-corrected chi connectivity index (χ1v) is 18.3. The standard InChI is InChI=1S/C49H29NS/c1-2-17-33-30(13-1)14-12-24-35(33)46-38-21-5-3-19-36(38)45(37-20-4-6-22-39(37)46)31-15-11-16-32(29-31)48-42-28-27-40-34-18-8-10-26-44(34)51-49(40)47(42)41-23-7-9-25-43(41)50-48/h1-29H. The fourth-order valence-corrected chi connectivity index (χ4v) is 9.70. The Morgan fingerprint density at radius 3 is 1.73 bits per heavy atom. The summed E-state index contributed by atoms with van der Waals surface area (Å²) in [5.74, 6) is 0. The van der Waals surface area contributed by atoms with E-state index in [-0.39, 0.29) is 0 Å². The van der Waals surface area contributed by atoms with Crippen LogP contribution < -0.4 is 0 Å². The molecule has 236 valence electrons. The minimum atomic E-state index is 1.02. The predicted octanol–water partition coefficient (Wildman–Crippen LogP) is 14.2. The zero-order chi connectivity index (χ0) is 33.5. The maximum atomic E-state index is 5.38. The van der Waals surface area contributed by atoms with E-state index in [9.17, 15) is 0 Å². The normalized spacial score (nSPS) is 11.9. The summed E-state index contributed by atoms with van der Waals surface area (Å²) in [5.41, 5.74) is 8.15. The van der Waals surface area contributed by atoms with Gasteiger partial charge in [-0.2, -0.15) is 0 Å². The molecule has 0 saturated carbocycles. The maximum Gasteiger partial charge on any atom is 0.0788 e. The quantitative estimate of drug-likeness (QED) is 0.135. The molecule has 0 unspecified atom stereocenters. The second-order valence-electron chi connectivity index (χ2n) is 13.4. The van der Waals surface area contributed by atoms with E-state index < -0.39 is 0 Å². The average Bonchev–Trinajstić information content (AvgIpc) is 3.58. The molecule has 0 saturated heterocycles. The first-order chi connectivity index (χ1) is 25.3. The van der Waals surface area contributed by atoms with Crippen LogP contribution in [0.5, 0.6) is 0 Å². The fraction of sp³-hybridized carbons (Fsp3) is 0. The first kappa shape index (κ1) is 28.5. The van der Waals surface area contributed by atoms with Crippen molar-refractivity contribution in [3.05, 3.63) is 176 Å². The maximum absolute atomic E-state index is 5.38. The van der Waals surface area contributed by atoms with Crippen LogP contribution in [0.3, 0.4) is 0 Å². The molecule has 0 amide bonds.